The molecule has 14 heavy (non-hydrogen) atoms. The molecule has 1 saturated heterocycles. The van der Waals surface area contributed by atoms with E-state index in [0.717, 1.165) is 37.6 Å². The molecule has 0 unspecified atom stereocenters. The van der Waals surface area contributed by atoms with Gasteiger partial charge in [0.15, 0.2) is 5.82 Å². The number of aromatic nitrogens is 2. The predicted molar refractivity (Wildman–Crippen MR) is 50.1 cm³/mol. The van der Waals surface area contributed by atoms with Crippen LogP contribution < -0.4 is 5.32 Å². The molecule has 2 heterocycles. The van der Waals surface area contributed by atoms with Gasteiger partial charge in [0.1, 0.15) is 0 Å². The average molecular weight is 192 g/mol. The van der Waals surface area contributed by atoms with E-state index in [1.807, 2.05) is 0 Å². The Kier molecular flexibility index (Phi) is 2.01. The lowest BCUT2D eigenvalue weighted by Crippen LogP contribution is -2.21. The van der Waals surface area contributed by atoms with Gasteiger partial charge in [-0.15, -0.1) is 0 Å². The zero-order valence-corrected chi connectivity index (χ0v) is 8.15. The Labute approximate surface area is 83.1 Å². The molecule has 1 aromatic heterocycles. The molecule has 3 rings (SSSR count). The van der Waals surface area contributed by atoms with Gasteiger partial charge >= 0.3 is 0 Å². The molecule has 0 bridgehead atoms. The fourth-order valence-corrected chi connectivity index (χ4v) is 1.92. The monoisotopic (exact) mass is 192 g/mol. The molecule has 1 aliphatic heterocycles. The van der Waals surface area contributed by atoms with E-state index in [9.17, 15) is 0 Å². The zero-order chi connectivity index (χ0) is 9.38. The van der Waals surface area contributed by atoms with Gasteiger partial charge in [-0.2, -0.15) is 4.98 Å². The molecule has 75 valence electrons. The summed E-state index contributed by atoms with van der Waals surface area (Å²) >= 11 is 0. The van der Waals surface area contributed by atoms with Crippen molar-refractivity contribution in [3.05, 3.63) is 11.7 Å². The molecule has 0 atom stereocenters. The summed E-state index contributed by atoms with van der Waals surface area (Å²) in [6, 6.07) is 0. The van der Waals surface area contributed by atoms with E-state index in [4.69, 9.17) is 4.52 Å². The van der Waals surface area contributed by atoms with Gasteiger partial charge < -0.3 is 4.52 Å². The Morgan fingerprint density at radius 2 is 1.79 bits per heavy atom. The van der Waals surface area contributed by atoms with E-state index in [1.165, 1.54) is 12.8 Å². The first kappa shape index (κ1) is 8.41. The summed E-state index contributed by atoms with van der Waals surface area (Å²) < 4.78 is 5.30. The van der Waals surface area contributed by atoms with Crippen LogP contribution in [-0.2, 0) is 0 Å². The zero-order valence-electron chi connectivity index (χ0n) is 8.15. The second-order valence-corrected chi connectivity index (χ2v) is 4.21. The third-order valence-electron chi connectivity index (χ3n) is 3.02. The highest BCUT2D eigenvalue weighted by Crippen LogP contribution is 2.39. The highest BCUT2D eigenvalue weighted by atomic mass is 16.5. The average Bonchev–Trinajstić information content (AvgIpc) is 2.98. The van der Waals surface area contributed by atoms with Crippen molar-refractivity contribution in [2.45, 2.75) is 37.5 Å². The first-order valence-corrected chi connectivity index (χ1v) is 5.40. The molecular weight excluding hydrogens is 178 g/mol. The summed E-state index contributed by atoms with van der Waals surface area (Å²) in [5, 5.41) is 8.35. The van der Waals surface area contributed by atoms with Gasteiger partial charge in [0.05, 0.1) is 0 Å². The minimum Gasteiger partial charge on any atom is -0.339 e. The van der Waals surface area contributed by atoms with E-state index in [0.29, 0.717) is 11.8 Å². The molecule has 0 amide bonds. The van der Waals surface area contributed by atoms with Gasteiger partial charge in [-0.1, -0.05) is 5.16 Å². The van der Waals surface area contributed by atoms with Crippen molar-refractivity contribution in [2.75, 3.05) is 13.1 Å². The second kappa shape index (κ2) is 3.35. The van der Waals surface area contributed by atoms with Crippen molar-refractivity contribution in [2.24, 2.45) is 0 Å². The van der Waals surface area contributed by atoms with Gasteiger partial charge in [0.2, 0.25) is 5.89 Å². The third-order valence-corrected chi connectivity index (χ3v) is 3.02. The first-order chi connectivity index (χ1) is 6.93. The number of hydrogen-bond donors (Lipinski definition) is 0. The van der Waals surface area contributed by atoms with E-state index in [2.05, 4.69) is 15.5 Å². The number of hydrogen-bond acceptors (Lipinski definition) is 3. The van der Waals surface area contributed by atoms with E-state index in [-0.39, 0.29) is 0 Å². The lowest BCUT2D eigenvalue weighted by atomic mass is 9.98. The van der Waals surface area contributed by atoms with E-state index < -0.39 is 0 Å². The molecule has 0 spiro atoms. The van der Waals surface area contributed by atoms with E-state index in [1.54, 1.807) is 0 Å². The molecule has 1 aromatic rings. The fraction of sp³-hybridized carbons (Fsp3) is 0.800. The Morgan fingerprint density at radius 1 is 1.00 bits per heavy atom. The topological polar surface area (TPSA) is 53.0 Å². The largest absolute Gasteiger partial charge is 0.339 e. The second-order valence-electron chi connectivity index (χ2n) is 4.21. The molecule has 1 radical (unpaired) electrons. The molecule has 2 aliphatic rings. The van der Waals surface area contributed by atoms with Crippen molar-refractivity contribution >= 4 is 0 Å². The number of piperidine rings is 1. The van der Waals surface area contributed by atoms with E-state index >= 15 is 0 Å². The normalized spacial score (nSPS) is 24.0. The summed E-state index contributed by atoms with van der Waals surface area (Å²) in [5.41, 5.74) is 0. The summed E-state index contributed by atoms with van der Waals surface area (Å²) in [6.07, 6.45) is 4.62. The lowest BCUT2D eigenvalue weighted by Gasteiger charge is -2.17. The van der Waals surface area contributed by atoms with Gasteiger partial charge in [0.25, 0.3) is 0 Å². The summed E-state index contributed by atoms with van der Waals surface area (Å²) in [4.78, 5) is 4.48. The Morgan fingerprint density at radius 3 is 2.50 bits per heavy atom. The maximum Gasteiger partial charge on any atom is 0.229 e. The molecular formula is C10H14N3O. The van der Waals surface area contributed by atoms with Crippen LogP contribution in [0.2, 0.25) is 0 Å². The van der Waals surface area contributed by atoms with Crippen LogP contribution in [0.15, 0.2) is 4.52 Å². The molecule has 0 aromatic carbocycles. The van der Waals surface area contributed by atoms with Crippen LogP contribution in [0.5, 0.6) is 0 Å². The van der Waals surface area contributed by atoms with Crippen molar-refractivity contribution in [1.29, 1.82) is 0 Å². The number of nitrogens with zero attached hydrogens (tertiary/aromatic N) is 3. The van der Waals surface area contributed by atoms with Crippen molar-refractivity contribution in [3.63, 3.8) is 0 Å². The minimum absolute atomic E-state index is 0.465. The van der Waals surface area contributed by atoms with Crippen LogP contribution in [0, 0.1) is 0 Å². The standard InChI is InChI=1S/C10H14N3O/c1-2-7(1)9-12-10(14-13-9)8-3-5-11-6-4-8/h7-8H,1-6H2. The smallest absolute Gasteiger partial charge is 0.229 e. The van der Waals surface area contributed by atoms with Crippen LogP contribution in [0.1, 0.15) is 49.2 Å². The molecule has 2 fully saturated rings. The Hall–Kier alpha value is -0.900. The van der Waals surface area contributed by atoms with Gasteiger partial charge in [-0.25, -0.2) is 5.32 Å². The molecule has 0 N–H and O–H groups in total. The van der Waals surface area contributed by atoms with Crippen molar-refractivity contribution < 1.29 is 4.52 Å². The summed E-state index contributed by atoms with van der Waals surface area (Å²) in [6.45, 7) is 1.90. The van der Waals surface area contributed by atoms with Crippen LogP contribution in [0.25, 0.3) is 0 Å². The van der Waals surface area contributed by atoms with Crippen LogP contribution >= 0.6 is 0 Å². The highest BCUT2D eigenvalue weighted by molar-refractivity contribution is 5.05. The molecule has 4 nitrogen and oxygen atoms in total. The van der Waals surface area contributed by atoms with Gasteiger partial charge in [-0.3, -0.25) is 0 Å². The van der Waals surface area contributed by atoms with Gasteiger partial charge in [0, 0.05) is 24.9 Å². The Bertz CT molecular complexity index is 313. The van der Waals surface area contributed by atoms with Crippen LogP contribution in [0.3, 0.4) is 0 Å². The fourth-order valence-electron chi connectivity index (χ4n) is 1.92. The molecule has 4 heteroatoms. The molecule has 1 saturated carbocycles. The molecule has 1 aliphatic carbocycles. The van der Waals surface area contributed by atoms with Crippen molar-refractivity contribution in [1.82, 2.24) is 15.5 Å². The van der Waals surface area contributed by atoms with Crippen LogP contribution in [0.4, 0.5) is 0 Å². The maximum atomic E-state index is 5.30. The highest BCUT2D eigenvalue weighted by Gasteiger charge is 2.30. The van der Waals surface area contributed by atoms with Crippen molar-refractivity contribution in [3.8, 4) is 0 Å². The third kappa shape index (κ3) is 1.54. The quantitative estimate of drug-likeness (QED) is 0.712. The van der Waals surface area contributed by atoms with Crippen LogP contribution in [-0.4, -0.2) is 23.2 Å². The SMILES string of the molecule is C1CC(c2nc(C3CC3)no2)CC[N]1. The minimum atomic E-state index is 0.465. The maximum absolute atomic E-state index is 5.30. The first-order valence-electron chi connectivity index (χ1n) is 5.40. The predicted octanol–water partition coefficient (Wildman–Crippen LogP) is 1.43. The summed E-state index contributed by atoms with van der Waals surface area (Å²) in [5.74, 6) is 2.84. The lowest BCUT2D eigenvalue weighted by molar-refractivity contribution is 0.317. The number of rotatable bonds is 2. The Balaban J connectivity index is 1.74. The summed E-state index contributed by atoms with van der Waals surface area (Å²) in [7, 11) is 0. The van der Waals surface area contributed by atoms with Gasteiger partial charge in [-0.05, 0) is 25.7 Å².